The fraction of sp³-hybridized carbons (Fsp3) is 0.500. The molecule has 6 nitrogen and oxygen atoms in total. The lowest BCUT2D eigenvalue weighted by Gasteiger charge is -2.23. The van der Waals surface area contributed by atoms with Gasteiger partial charge in [-0.2, -0.15) is 0 Å². The third-order valence-electron chi connectivity index (χ3n) is 4.53. The first-order valence-corrected chi connectivity index (χ1v) is 15.3. The standard InChI is InChI=1S/C24H35BrN3O3Si/c1-8-11-20(27-23(29)31-24(2,3)4)22-26-21(18-12-9-10-13-19(18)25)16-28(22)17-30-14-15-32(5,6)7/h8-9,12-13,16,20H,1,11,14-15,17H2,2-7H3,(H,27,29)/t20-/m0/s1. The number of imidazole rings is 1. The Morgan fingerprint density at radius 3 is 2.72 bits per heavy atom. The summed E-state index contributed by atoms with van der Waals surface area (Å²) in [7, 11) is -1.19. The lowest BCUT2D eigenvalue weighted by molar-refractivity contribution is 0.0492. The van der Waals surface area contributed by atoms with Crippen LogP contribution in [-0.2, 0) is 16.2 Å². The van der Waals surface area contributed by atoms with Gasteiger partial charge in [0.1, 0.15) is 18.2 Å². The van der Waals surface area contributed by atoms with Crippen LogP contribution in [0, 0.1) is 6.07 Å². The first-order chi connectivity index (χ1) is 14.9. The Morgan fingerprint density at radius 2 is 2.12 bits per heavy atom. The second kappa shape index (κ2) is 11.3. The van der Waals surface area contributed by atoms with Crippen molar-refractivity contribution in [3.05, 3.63) is 53.4 Å². The van der Waals surface area contributed by atoms with Gasteiger partial charge in [0.2, 0.25) is 0 Å². The average Bonchev–Trinajstić information content (AvgIpc) is 3.07. The van der Waals surface area contributed by atoms with Gasteiger partial charge >= 0.3 is 6.09 Å². The molecule has 1 N–H and O–H groups in total. The predicted molar refractivity (Wildman–Crippen MR) is 135 cm³/mol. The fourth-order valence-electron chi connectivity index (χ4n) is 2.95. The van der Waals surface area contributed by atoms with Gasteiger partial charge in [0.05, 0.1) is 11.7 Å². The minimum Gasteiger partial charge on any atom is -0.444 e. The van der Waals surface area contributed by atoms with Gasteiger partial charge in [-0.25, -0.2) is 9.78 Å². The molecule has 0 saturated carbocycles. The van der Waals surface area contributed by atoms with Crippen LogP contribution in [0.5, 0.6) is 0 Å². The Morgan fingerprint density at radius 1 is 1.41 bits per heavy atom. The quantitative estimate of drug-likeness (QED) is 0.218. The van der Waals surface area contributed by atoms with Gasteiger partial charge in [-0.1, -0.05) is 53.8 Å². The van der Waals surface area contributed by atoms with Crippen LogP contribution in [0.2, 0.25) is 25.7 Å². The third kappa shape index (κ3) is 8.56. The molecule has 2 aromatic rings. The highest BCUT2D eigenvalue weighted by Gasteiger charge is 2.24. The summed E-state index contributed by atoms with van der Waals surface area (Å²) in [5.74, 6) is 0.693. The molecular weight excluding hydrogens is 486 g/mol. The number of nitrogens with zero attached hydrogens (tertiary/aromatic N) is 2. The Kier molecular flexibility index (Phi) is 9.30. The highest BCUT2D eigenvalue weighted by atomic mass is 79.9. The second-order valence-electron chi connectivity index (χ2n) is 9.93. The number of carbonyl (C=O) groups excluding carboxylic acids is 1. The number of nitrogens with one attached hydrogen (secondary N) is 1. The summed E-state index contributed by atoms with van der Waals surface area (Å²) in [6.07, 6.45) is 3.74. The van der Waals surface area contributed by atoms with E-state index in [0.29, 0.717) is 25.6 Å². The minimum atomic E-state index is -1.19. The largest absolute Gasteiger partial charge is 0.444 e. The Bertz CT molecular complexity index is 916. The number of alkyl carbamates (subject to hydrolysis) is 1. The fourth-order valence-corrected chi connectivity index (χ4v) is 4.17. The van der Waals surface area contributed by atoms with Crippen molar-refractivity contribution in [2.45, 2.75) is 71.3 Å². The highest BCUT2D eigenvalue weighted by molar-refractivity contribution is 9.10. The van der Waals surface area contributed by atoms with Gasteiger partial charge in [-0.3, -0.25) is 0 Å². The molecule has 0 unspecified atom stereocenters. The van der Waals surface area contributed by atoms with Crippen LogP contribution in [-0.4, -0.2) is 35.9 Å². The summed E-state index contributed by atoms with van der Waals surface area (Å²) >= 11 is 3.58. The molecule has 1 aromatic carbocycles. The molecular formula is C24H35BrN3O3Si. The Labute approximate surface area is 201 Å². The number of benzene rings is 1. The van der Waals surface area contributed by atoms with E-state index in [1.54, 1.807) is 6.08 Å². The molecule has 1 heterocycles. The van der Waals surface area contributed by atoms with E-state index in [1.165, 1.54) is 0 Å². The lowest BCUT2D eigenvalue weighted by Crippen LogP contribution is -2.36. The molecule has 175 valence electrons. The maximum absolute atomic E-state index is 12.5. The molecule has 0 saturated heterocycles. The maximum Gasteiger partial charge on any atom is 0.408 e. The highest BCUT2D eigenvalue weighted by Crippen LogP contribution is 2.29. The van der Waals surface area contributed by atoms with Crippen molar-refractivity contribution in [3.63, 3.8) is 0 Å². The molecule has 0 aliphatic heterocycles. The van der Waals surface area contributed by atoms with Crippen molar-refractivity contribution < 1.29 is 14.3 Å². The topological polar surface area (TPSA) is 65.4 Å². The van der Waals surface area contributed by atoms with E-state index in [0.717, 1.165) is 21.8 Å². The first kappa shape index (κ1) is 26.4. The average molecular weight is 522 g/mol. The third-order valence-corrected chi connectivity index (χ3v) is 6.89. The molecule has 0 spiro atoms. The van der Waals surface area contributed by atoms with Crippen LogP contribution in [0.25, 0.3) is 11.3 Å². The van der Waals surface area contributed by atoms with Crippen molar-refractivity contribution in [1.82, 2.24) is 14.9 Å². The van der Waals surface area contributed by atoms with Crippen LogP contribution in [0.4, 0.5) is 4.79 Å². The van der Waals surface area contributed by atoms with E-state index in [9.17, 15) is 4.79 Å². The normalized spacial score (nSPS) is 13.0. The summed E-state index contributed by atoms with van der Waals surface area (Å²) in [4.78, 5) is 17.4. The Balaban J connectivity index is 2.33. The molecule has 0 fully saturated rings. The van der Waals surface area contributed by atoms with E-state index in [1.807, 2.05) is 49.7 Å². The number of rotatable bonds is 10. The summed E-state index contributed by atoms with van der Waals surface area (Å²) in [5.41, 5.74) is 1.14. The van der Waals surface area contributed by atoms with Gasteiger partial charge in [-0.05, 0) is 45.4 Å². The van der Waals surface area contributed by atoms with Crippen molar-refractivity contribution in [1.29, 1.82) is 0 Å². The number of carbonyl (C=O) groups is 1. The number of amides is 1. The summed E-state index contributed by atoms with van der Waals surface area (Å²) < 4.78 is 14.3. The number of ether oxygens (including phenoxy) is 2. The van der Waals surface area contributed by atoms with Gasteiger partial charge in [0.15, 0.2) is 0 Å². The molecule has 0 aliphatic carbocycles. The van der Waals surface area contributed by atoms with Gasteiger partial charge in [0.25, 0.3) is 0 Å². The Hall–Kier alpha value is -1.90. The molecule has 1 atom stereocenters. The summed E-state index contributed by atoms with van der Waals surface area (Å²) in [6.45, 7) is 17.4. The van der Waals surface area contributed by atoms with E-state index in [-0.39, 0.29) is 0 Å². The van der Waals surface area contributed by atoms with E-state index in [2.05, 4.69) is 53.5 Å². The number of halogens is 1. The van der Waals surface area contributed by atoms with Crippen LogP contribution in [0.15, 0.2) is 41.5 Å². The van der Waals surface area contributed by atoms with Gasteiger partial charge in [-0.15, -0.1) is 6.58 Å². The molecule has 32 heavy (non-hydrogen) atoms. The van der Waals surface area contributed by atoms with Crippen molar-refractivity contribution in [2.75, 3.05) is 6.61 Å². The first-order valence-electron chi connectivity index (χ1n) is 10.8. The van der Waals surface area contributed by atoms with Crippen molar-refractivity contribution in [2.24, 2.45) is 0 Å². The number of hydrogen-bond donors (Lipinski definition) is 1. The second-order valence-corrected chi connectivity index (χ2v) is 16.4. The van der Waals surface area contributed by atoms with Gasteiger partial charge < -0.3 is 19.4 Å². The summed E-state index contributed by atoms with van der Waals surface area (Å²) in [6, 6.07) is 9.40. The zero-order valence-corrected chi connectivity index (χ0v) is 22.6. The van der Waals surface area contributed by atoms with Crippen molar-refractivity contribution >= 4 is 30.1 Å². The van der Waals surface area contributed by atoms with E-state index < -0.39 is 25.8 Å². The van der Waals surface area contributed by atoms with E-state index in [4.69, 9.17) is 14.5 Å². The van der Waals surface area contributed by atoms with Gasteiger partial charge in [0, 0.05) is 30.9 Å². The van der Waals surface area contributed by atoms with E-state index >= 15 is 0 Å². The van der Waals surface area contributed by atoms with Crippen LogP contribution < -0.4 is 5.32 Å². The monoisotopic (exact) mass is 520 g/mol. The molecule has 1 radical (unpaired) electrons. The number of aromatic nitrogens is 2. The summed E-state index contributed by atoms with van der Waals surface area (Å²) in [5, 5.41) is 2.94. The SMILES string of the molecule is C=CC[C@H](NC(=O)OC(C)(C)C)c1nc(-c2cc[c]cc2Br)cn1COCC[Si](C)(C)C. The molecule has 1 aromatic heterocycles. The van der Waals surface area contributed by atoms with Crippen LogP contribution >= 0.6 is 15.9 Å². The smallest absolute Gasteiger partial charge is 0.408 e. The number of hydrogen-bond acceptors (Lipinski definition) is 4. The molecule has 0 aliphatic rings. The zero-order chi connectivity index (χ0) is 23.9. The van der Waals surface area contributed by atoms with Crippen LogP contribution in [0.3, 0.4) is 0 Å². The van der Waals surface area contributed by atoms with Crippen molar-refractivity contribution in [3.8, 4) is 11.3 Å². The lowest BCUT2D eigenvalue weighted by atomic mass is 10.1. The predicted octanol–water partition coefficient (Wildman–Crippen LogP) is 6.57. The minimum absolute atomic E-state index is 0.354. The maximum atomic E-state index is 12.5. The molecule has 8 heteroatoms. The molecule has 2 rings (SSSR count). The molecule has 1 amide bonds. The molecule has 0 bridgehead atoms. The van der Waals surface area contributed by atoms with Crippen LogP contribution in [0.1, 0.15) is 39.1 Å². The zero-order valence-electron chi connectivity index (χ0n) is 20.0.